The number of thiocarbonyl (C=S) groups is 2. The Balaban J connectivity index is 0.000000170. The number of nitriles is 1. The van der Waals surface area contributed by atoms with Gasteiger partial charge in [0.15, 0.2) is 48.9 Å². The number of hydrogen-bond acceptors (Lipinski definition) is 20. The maximum absolute atomic E-state index is 12.1. The molecule has 137 heavy (non-hydrogen) atoms. The number of Topliss-reactive ketones (excluding diaryl/α,β-unsaturated/α-hetero) is 2. The normalized spacial score (nSPS) is 10.3. The number of nitrogens with one attached hydrogen (secondary N) is 4. The predicted octanol–water partition coefficient (Wildman–Crippen LogP) is 32.0. The van der Waals surface area contributed by atoms with Crippen LogP contribution in [0.4, 0.5) is 11.4 Å². The van der Waals surface area contributed by atoms with E-state index in [4.69, 9.17) is 242 Å². The van der Waals surface area contributed by atoms with Crippen LogP contribution < -0.4 is 16.4 Å². The minimum atomic E-state index is -0.190. The van der Waals surface area contributed by atoms with Crippen molar-refractivity contribution in [1.29, 1.82) is 5.26 Å². The third-order valence-electron chi connectivity index (χ3n) is 17.9. The number of para-hydroxylation sites is 5. The Kier molecular flexibility index (Phi) is 43.4. The number of aromatic amines is 2. The van der Waals surface area contributed by atoms with Crippen LogP contribution in [0, 0.1) is 34.7 Å². The number of ketones is 2. The molecule has 0 saturated carbocycles. The van der Waals surface area contributed by atoms with Gasteiger partial charge >= 0.3 is 0 Å². The van der Waals surface area contributed by atoms with Crippen LogP contribution in [-0.2, 0) is 11.6 Å². The van der Waals surface area contributed by atoms with Gasteiger partial charge in [-0.2, -0.15) is 20.5 Å². The first-order chi connectivity index (χ1) is 65.8. The molecular formula is C94H66Cl16N18O4S5. The van der Waals surface area contributed by atoms with Gasteiger partial charge in [-0.15, -0.1) is 42.2 Å². The second-order valence-corrected chi connectivity index (χ2v) is 36.2. The lowest BCUT2D eigenvalue weighted by Crippen LogP contribution is -2.33. The highest BCUT2D eigenvalue weighted by atomic mass is 35.5. The number of anilines is 1. The molecule has 0 aliphatic heterocycles. The van der Waals surface area contributed by atoms with E-state index in [1.165, 1.54) is 36.4 Å². The van der Waals surface area contributed by atoms with Gasteiger partial charge in [0.05, 0.1) is 109 Å². The van der Waals surface area contributed by atoms with Crippen LogP contribution in [0.3, 0.4) is 0 Å². The first-order valence-corrected chi connectivity index (χ1v) is 48.1. The number of carbonyl (C=O) groups is 2. The minimum absolute atomic E-state index is 0.0115. The Bertz CT molecular complexity index is 7170. The number of aliphatic imine (C=N–C) groups is 1. The molecule has 6 N–H and O–H groups in total. The molecule has 0 aliphatic rings. The molecule has 0 spiro atoms. The zero-order chi connectivity index (χ0) is 98.9. The van der Waals surface area contributed by atoms with E-state index in [9.17, 15) is 9.59 Å². The number of alkyl halides is 1. The van der Waals surface area contributed by atoms with Gasteiger partial charge in [0.1, 0.15) is 5.88 Å². The largest absolute Gasteiger partial charge is 0.420 e. The molecule has 0 aliphatic carbocycles. The van der Waals surface area contributed by atoms with Gasteiger partial charge in [-0.25, -0.2) is 0 Å². The number of H-pyrrole nitrogens is 2. The van der Waals surface area contributed by atoms with Crippen LogP contribution in [0.5, 0.6) is 0 Å². The molecule has 0 atom stereocenters. The lowest BCUT2D eigenvalue weighted by atomic mass is 10.1. The minimum Gasteiger partial charge on any atom is -0.420 e. The smallest absolute Gasteiger partial charge is 0.247 e. The van der Waals surface area contributed by atoms with Crippen molar-refractivity contribution in [1.82, 2.24) is 70.0 Å². The number of halogens is 16. The Hall–Kier alpha value is -9.95. The lowest BCUT2D eigenvalue weighted by Gasteiger charge is -2.12. The molecule has 5 heterocycles. The fourth-order valence-electron chi connectivity index (χ4n) is 11.6. The van der Waals surface area contributed by atoms with E-state index in [1.54, 1.807) is 124 Å². The summed E-state index contributed by atoms with van der Waals surface area (Å²) in [6.07, 6.45) is 0. The van der Waals surface area contributed by atoms with Gasteiger partial charge in [-0.05, 0) is 239 Å². The maximum Gasteiger partial charge on any atom is 0.247 e. The summed E-state index contributed by atoms with van der Waals surface area (Å²) in [6, 6.07) is 79.2. The summed E-state index contributed by atoms with van der Waals surface area (Å²) in [5, 5.41) is 62.6. The first kappa shape index (κ1) is 109. The van der Waals surface area contributed by atoms with Crippen molar-refractivity contribution in [3.8, 4) is 80.2 Å². The number of benzene rings is 12. The standard InChI is InChI=1S/C24H16Cl3N5OS.C15H11Cl3N2OS.2C14H8Cl3N3S.C10H9ClN2O.C8H7Cl2NO.C7H4ClNS.C2H3N/c1-14-6-8-15(9-7-14)23-30-28-21(33-23)13-34-24-31-29-22(17-11-10-16(25)12-19(17)27)32(24)20-5-3-2-4-18(20)26;16-9-5-6-10(12(18)7-9)14(21)8-19-15(22)20-13-4-2-1-3-11(13)17;2*15-8-5-6-9(11(17)7-8)13-18-19-14(21)20(13)12-4-2-1-3-10(12)16;1-7-2-4-8(5-3-7)10-13-12-9(6-11)14-10;9-5-1-2-6(7(10)3-5)8(12)4-11;8-6-3-1-2-4-7(6)9-5-10;1-2-3/h2-12H,13H2,1H3;1-7H,8H2,(H2,19,20,22);2*1-7H,(H,19,21);2-5H,6H2,1H3;1-3H,4,11H2;1-4H;1H3. The molecule has 0 radical (unpaired) electrons. The lowest BCUT2D eigenvalue weighted by molar-refractivity contribution is 0.0991. The molecule has 12 aromatic carbocycles. The van der Waals surface area contributed by atoms with Gasteiger partial charge in [-0.1, -0.05) is 282 Å². The SMILES string of the molecule is CC#N.Cc1ccc(-c2nnc(CCl)o2)cc1.Cc1ccc(-c2nnc(CSc3nnc(-c4ccc(Cl)cc4Cl)n3-c3ccccc3Cl)o2)cc1.NCC(=O)c1ccc(Cl)cc1Cl.O=C(CNC(=S)Nc1ccccc1Cl)c1ccc(Cl)cc1Cl.S=C=Nc1ccccc1Cl.S=c1[nH]nc(-c2ccc(Cl)cc2Cl)n1-c1ccccc1Cl.S=c1[nH]nc(-c2ccc(Cl)cc2Cl)n1-c1ccccc1Cl. The zero-order valence-corrected chi connectivity index (χ0v) is 86.9. The van der Waals surface area contributed by atoms with Crippen molar-refractivity contribution < 1.29 is 18.4 Å². The van der Waals surface area contributed by atoms with E-state index in [0.717, 1.165) is 33.8 Å². The van der Waals surface area contributed by atoms with Crippen molar-refractivity contribution in [2.24, 2.45) is 10.7 Å². The van der Waals surface area contributed by atoms with Crippen LogP contribution >= 0.6 is 246 Å². The first-order valence-electron chi connectivity index (χ1n) is 39.3. The van der Waals surface area contributed by atoms with Crippen molar-refractivity contribution >= 4 is 279 Å². The molecule has 0 unspecified atom stereocenters. The zero-order valence-electron chi connectivity index (χ0n) is 70.8. The van der Waals surface area contributed by atoms with Crippen LogP contribution in [-0.4, -0.2) is 99.6 Å². The Morgan fingerprint density at radius 2 is 0.832 bits per heavy atom. The van der Waals surface area contributed by atoms with E-state index >= 15 is 0 Å². The van der Waals surface area contributed by atoms with E-state index in [2.05, 4.69) is 84.0 Å². The molecule has 0 bridgehead atoms. The second-order valence-electron chi connectivity index (χ2n) is 27.4. The highest BCUT2D eigenvalue weighted by Gasteiger charge is 2.24. The quantitative estimate of drug-likeness (QED) is 0.0165. The average molecular weight is 2240 g/mol. The van der Waals surface area contributed by atoms with E-state index in [1.807, 2.05) is 158 Å². The highest BCUT2D eigenvalue weighted by molar-refractivity contribution is 7.98. The number of carbonyl (C=O) groups excluding carboxylic acids is 2. The summed E-state index contributed by atoms with van der Waals surface area (Å²) in [5.74, 6) is 3.88. The van der Waals surface area contributed by atoms with Gasteiger partial charge in [0.25, 0.3) is 0 Å². The number of thioether (sulfide) groups is 1. The van der Waals surface area contributed by atoms with Crippen LogP contribution in [0.1, 0.15) is 50.5 Å². The van der Waals surface area contributed by atoms with Crippen LogP contribution in [0.2, 0.25) is 75.3 Å². The third-order valence-corrected chi connectivity index (χ3v) is 24.3. The van der Waals surface area contributed by atoms with Gasteiger partial charge < -0.3 is 25.2 Å². The number of hydrogen-bond donors (Lipinski definition) is 5. The second kappa shape index (κ2) is 54.6. The summed E-state index contributed by atoms with van der Waals surface area (Å²) in [7, 11) is 0. The predicted molar refractivity (Wildman–Crippen MR) is 572 cm³/mol. The molecule has 698 valence electrons. The fourth-order valence-corrected chi connectivity index (χ4v) is 16.7. The molecule has 0 saturated heterocycles. The number of isothiocyanates is 1. The number of aryl methyl sites for hydroxylation is 2. The molecular weight excluding hydrogens is 2170 g/mol. The van der Waals surface area contributed by atoms with Crippen LogP contribution in [0.25, 0.3) is 74.1 Å². The number of aromatic nitrogens is 13. The average Bonchev–Trinajstić information content (AvgIpc) is 1.66. The summed E-state index contributed by atoms with van der Waals surface area (Å²) < 4.78 is 17.4. The summed E-state index contributed by atoms with van der Waals surface area (Å²) in [4.78, 5) is 26.9. The molecule has 5 aromatic heterocycles. The van der Waals surface area contributed by atoms with Gasteiger partial charge in [0.2, 0.25) is 23.6 Å². The molecule has 0 fully saturated rings. The molecule has 17 rings (SSSR count). The van der Waals surface area contributed by atoms with Crippen molar-refractivity contribution in [2.75, 3.05) is 18.4 Å². The summed E-state index contributed by atoms with van der Waals surface area (Å²) in [5.41, 5.74) is 15.8. The monoisotopic (exact) mass is 2230 g/mol. The summed E-state index contributed by atoms with van der Waals surface area (Å²) >= 11 is 118. The number of nitrogens with two attached hydrogens (primary N) is 1. The Labute approximate surface area is 890 Å². The number of nitrogens with zero attached hydrogens (tertiary/aromatic N) is 13. The van der Waals surface area contributed by atoms with E-state index in [-0.39, 0.29) is 30.5 Å². The Morgan fingerprint density at radius 3 is 1.23 bits per heavy atom. The maximum atomic E-state index is 12.1. The summed E-state index contributed by atoms with van der Waals surface area (Å²) in [6.45, 7) is 5.46. The third kappa shape index (κ3) is 31.5. The van der Waals surface area contributed by atoms with Crippen LogP contribution in [0.15, 0.2) is 280 Å². The van der Waals surface area contributed by atoms with Gasteiger partial charge in [-0.3, -0.25) is 33.5 Å². The topological polar surface area (TPSA) is 296 Å². The van der Waals surface area contributed by atoms with E-state index in [0.29, 0.717) is 181 Å². The van der Waals surface area contributed by atoms with Gasteiger partial charge in [0, 0.05) is 71.0 Å². The molecule has 43 heteroatoms. The van der Waals surface area contributed by atoms with Crippen molar-refractivity contribution in [3.63, 3.8) is 0 Å². The highest BCUT2D eigenvalue weighted by Crippen LogP contribution is 2.40. The van der Waals surface area contributed by atoms with E-state index < -0.39 is 0 Å². The van der Waals surface area contributed by atoms with Crippen molar-refractivity contribution in [3.05, 3.63) is 380 Å². The molecule has 22 nitrogen and oxygen atoms in total. The number of rotatable bonds is 19. The molecule has 0 amide bonds. The molecule has 17 aromatic rings. The Morgan fingerprint density at radius 1 is 0.453 bits per heavy atom. The fraction of sp³-hybridized carbons (Fsp3) is 0.0745. The van der Waals surface area contributed by atoms with Crippen molar-refractivity contribution in [2.45, 2.75) is 37.6 Å².